The van der Waals surface area contributed by atoms with E-state index in [9.17, 15) is 14.4 Å². The van der Waals surface area contributed by atoms with Gasteiger partial charge in [0.1, 0.15) is 0 Å². The van der Waals surface area contributed by atoms with Gasteiger partial charge in [0.15, 0.2) is 0 Å². The van der Waals surface area contributed by atoms with Gasteiger partial charge in [-0.3, -0.25) is 14.4 Å². The lowest BCUT2D eigenvalue weighted by atomic mass is 9.73. The molecule has 1 aliphatic carbocycles. The highest BCUT2D eigenvalue weighted by Crippen LogP contribution is 2.40. The molecule has 0 saturated heterocycles. The molecule has 3 heterocycles. The van der Waals surface area contributed by atoms with Crippen molar-refractivity contribution in [2.75, 3.05) is 35.8 Å². The maximum Gasteiger partial charge on any atom is 0.229 e. The Morgan fingerprint density at radius 2 is 0.577 bits per heavy atom. The third-order valence-corrected chi connectivity index (χ3v) is 16.2. The van der Waals surface area contributed by atoms with Gasteiger partial charge in [-0.15, -0.1) is 0 Å². The van der Waals surface area contributed by atoms with Gasteiger partial charge < -0.3 is 14.7 Å². The van der Waals surface area contributed by atoms with Crippen molar-refractivity contribution >= 4 is 99.8 Å². The molecule has 378 valence electrons. The monoisotopic (exact) mass is 1010 g/mol. The molecule has 1 aliphatic rings. The highest BCUT2D eigenvalue weighted by Gasteiger charge is 2.42. The second-order valence-corrected chi connectivity index (χ2v) is 20.8. The number of fused-ring (bicyclic) bond motifs is 9. The second kappa shape index (κ2) is 19.8. The Morgan fingerprint density at radius 3 is 0.859 bits per heavy atom. The van der Waals surface area contributed by atoms with Gasteiger partial charge in [0, 0.05) is 88.8 Å². The summed E-state index contributed by atoms with van der Waals surface area (Å²) in [5.74, 6) is -2.20. The van der Waals surface area contributed by atoms with Crippen LogP contribution in [0, 0.1) is 17.8 Å². The normalized spacial score (nSPS) is 15.5. The van der Waals surface area contributed by atoms with Crippen LogP contribution in [0.2, 0.25) is 0 Å². The van der Waals surface area contributed by atoms with Gasteiger partial charge in [-0.25, -0.2) is 15.0 Å². The van der Waals surface area contributed by atoms with Crippen LogP contribution < -0.4 is 14.7 Å². The number of aromatic nitrogens is 3. The average Bonchev–Trinajstić information content (AvgIpc) is 3.56. The lowest BCUT2D eigenvalue weighted by molar-refractivity contribution is -0.131. The zero-order valence-corrected chi connectivity index (χ0v) is 43.5. The van der Waals surface area contributed by atoms with Crippen molar-refractivity contribution in [3.63, 3.8) is 0 Å². The molecule has 78 heavy (non-hydrogen) atoms. The minimum Gasteiger partial charge on any atom is -0.315 e. The van der Waals surface area contributed by atoms with Gasteiger partial charge in [0.25, 0.3) is 0 Å². The number of benzene rings is 9. The van der Waals surface area contributed by atoms with Gasteiger partial charge in [-0.1, -0.05) is 146 Å². The molecule has 1 fully saturated rings. The molecule has 3 aromatic heterocycles. The third-order valence-electron chi connectivity index (χ3n) is 16.2. The van der Waals surface area contributed by atoms with Gasteiger partial charge in [-0.2, -0.15) is 0 Å². The zero-order chi connectivity index (χ0) is 53.0. The standard InChI is InChI=1S/C69H54N6O3/c1-73(52-25-16-46(17-26-52)61-37-31-58-55-13-7-4-10-43(55)22-34-64(58)70-61)67(76)49-40-50(68(77)74(2)53-27-18-47(19-28-53)62-38-32-59-56-14-8-5-11-44(56)23-35-65(59)71-62)42-51(41-49)69(78)75(3)54-29-20-48(21-30-54)63-39-33-60-57-15-9-6-12-45(57)24-36-66(60)72-63/h4-39,49-51H,40-42H2,1-3H3. The summed E-state index contributed by atoms with van der Waals surface area (Å²) >= 11 is 0. The largest absolute Gasteiger partial charge is 0.315 e. The Balaban J connectivity index is 0.753. The Kier molecular flexibility index (Phi) is 12.2. The van der Waals surface area contributed by atoms with Crippen LogP contribution in [0.3, 0.4) is 0 Å². The van der Waals surface area contributed by atoms with E-state index in [4.69, 9.17) is 15.0 Å². The van der Waals surface area contributed by atoms with Crippen molar-refractivity contribution in [1.29, 1.82) is 0 Å². The molecule has 0 unspecified atom stereocenters. The molecule has 12 aromatic rings. The maximum absolute atomic E-state index is 14.8. The van der Waals surface area contributed by atoms with Crippen LogP contribution >= 0.6 is 0 Å². The van der Waals surface area contributed by atoms with E-state index < -0.39 is 17.8 Å². The highest BCUT2D eigenvalue weighted by molar-refractivity contribution is 6.09. The summed E-state index contributed by atoms with van der Waals surface area (Å²) in [6, 6.07) is 73.5. The number of carbonyl (C=O) groups excluding carboxylic acids is 3. The fourth-order valence-electron chi connectivity index (χ4n) is 11.8. The molecule has 13 rings (SSSR count). The molecule has 3 amide bonds. The summed E-state index contributed by atoms with van der Waals surface area (Å²) in [7, 11) is 5.33. The van der Waals surface area contributed by atoms with E-state index in [2.05, 4.69) is 91.0 Å². The summed E-state index contributed by atoms with van der Waals surface area (Å²) in [6.07, 6.45) is 0.930. The first-order valence-corrected chi connectivity index (χ1v) is 26.6. The van der Waals surface area contributed by atoms with E-state index >= 15 is 0 Å². The molecule has 0 bridgehead atoms. The molecular weight excluding hydrogens is 961 g/mol. The van der Waals surface area contributed by atoms with Crippen LogP contribution in [0.4, 0.5) is 17.1 Å². The first-order valence-electron chi connectivity index (χ1n) is 26.6. The van der Waals surface area contributed by atoms with Gasteiger partial charge in [0.2, 0.25) is 17.7 Å². The molecule has 0 spiro atoms. The van der Waals surface area contributed by atoms with Gasteiger partial charge in [0.05, 0.1) is 33.6 Å². The number of anilines is 3. The van der Waals surface area contributed by atoms with Crippen molar-refractivity contribution < 1.29 is 14.4 Å². The van der Waals surface area contributed by atoms with E-state index in [-0.39, 0.29) is 17.7 Å². The zero-order valence-electron chi connectivity index (χ0n) is 43.5. The molecule has 0 aliphatic heterocycles. The highest BCUT2D eigenvalue weighted by atomic mass is 16.2. The minimum absolute atomic E-state index is 0.139. The first kappa shape index (κ1) is 48.1. The van der Waals surface area contributed by atoms with Gasteiger partial charge in [-0.05, 0) is 124 Å². The molecule has 0 radical (unpaired) electrons. The molecular formula is C69H54N6O3. The molecule has 0 atom stereocenters. The number of amides is 3. The number of nitrogens with zero attached hydrogens (tertiary/aromatic N) is 6. The Bertz CT molecular complexity index is 3880. The lowest BCUT2D eigenvalue weighted by Crippen LogP contribution is -2.46. The van der Waals surface area contributed by atoms with Crippen LogP contribution in [0.25, 0.3) is 98.8 Å². The summed E-state index contributed by atoms with van der Waals surface area (Å²) in [5.41, 5.74) is 10.2. The van der Waals surface area contributed by atoms with Crippen LogP contribution in [-0.4, -0.2) is 53.8 Å². The summed E-state index contributed by atoms with van der Waals surface area (Å²) in [4.78, 5) is 64.5. The second-order valence-electron chi connectivity index (χ2n) is 20.8. The maximum atomic E-state index is 14.8. The quantitative estimate of drug-likeness (QED) is 0.134. The van der Waals surface area contributed by atoms with Gasteiger partial charge >= 0.3 is 0 Å². The number of rotatable bonds is 9. The van der Waals surface area contributed by atoms with Crippen LogP contribution in [0.5, 0.6) is 0 Å². The number of pyridine rings is 3. The van der Waals surface area contributed by atoms with E-state index in [0.29, 0.717) is 36.3 Å². The van der Waals surface area contributed by atoms with Crippen molar-refractivity contribution in [2.24, 2.45) is 17.8 Å². The molecule has 1 saturated carbocycles. The van der Waals surface area contributed by atoms with Crippen molar-refractivity contribution in [3.8, 4) is 33.8 Å². The molecule has 9 nitrogen and oxygen atoms in total. The number of hydrogen-bond acceptors (Lipinski definition) is 6. The Hall–Kier alpha value is -9.60. The number of hydrogen-bond donors (Lipinski definition) is 0. The third kappa shape index (κ3) is 8.82. The first-order chi connectivity index (χ1) is 38.1. The van der Waals surface area contributed by atoms with E-state index in [1.807, 2.05) is 127 Å². The van der Waals surface area contributed by atoms with Crippen molar-refractivity contribution in [2.45, 2.75) is 19.3 Å². The average molecular weight is 1020 g/mol. The SMILES string of the molecule is CN(C(=O)C1CC(C(=O)N(C)c2ccc(-c3ccc4c(ccc5ccccc54)n3)cc2)CC(C(=O)N(C)c2ccc(-c3ccc4c(ccc5ccccc54)n3)cc2)C1)c1ccc(-c2ccc3c(ccc4ccccc43)n2)cc1. The smallest absolute Gasteiger partial charge is 0.229 e. The number of carbonyl (C=O) groups is 3. The fraction of sp³-hybridized carbons (Fsp3) is 0.130. The summed E-state index contributed by atoms with van der Waals surface area (Å²) in [5, 5.41) is 10.3. The lowest BCUT2D eigenvalue weighted by Gasteiger charge is -2.37. The minimum atomic E-state index is -0.595. The summed E-state index contributed by atoms with van der Waals surface area (Å²) < 4.78 is 0. The van der Waals surface area contributed by atoms with E-state index in [0.717, 1.165) is 82.6 Å². The van der Waals surface area contributed by atoms with Crippen LogP contribution in [0.15, 0.2) is 218 Å². The predicted octanol–water partition coefficient (Wildman–Crippen LogP) is 15.1. The topological polar surface area (TPSA) is 99.6 Å². The van der Waals surface area contributed by atoms with Crippen molar-refractivity contribution in [1.82, 2.24) is 15.0 Å². The Morgan fingerprint density at radius 1 is 0.308 bits per heavy atom. The van der Waals surface area contributed by atoms with Crippen LogP contribution in [0.1, 0.15) is 19.3 Å². The van der Waals surface area contributed by atoms with Crippen molar-refractivity contribution in [3.05, 3.63) is 218 Å². The van der Waals surface area contributed by atoms with E-state index in [1.54, 1.807) is 35.8 Å². The molecule has 0 N–H and O–H groups in total. The Labute approximate surface area is 452 Å². The summed E-state index contributed by atoms with van der Waals surface area (Å²) in [6.45, 7) is 0. The van der Waals surface area contributed by atoms with E-state index in [1.165, 1.54) is 16.2 Å². The van der Waals surface area contributed by atoms with Crippen LogP contribution in [-0.2, 0) is 14.4 Å². The molecule has 9 heteroatoms. The molecule has 9 aromatic carbocycles. The fourth-order valence-corrected chi connectivity index (χ4v) is 11.8. The predicted molar refractivity (Wildman–Crippen MR) is 319 cm³/mol.